The summed E-state index contributed by atoms with van der Waals surface area (Å²) in [5.74, 6) is 0.837. The lowest BCUT2D eigenvalue weighted by atomic mass is 10.0. The van der Waals surface area contributed by atoms with E-state index in [0.29, 0.717) is 6.42 Å². The van der Waals surface area contributed by atoms with E-state index in [1.807, 2.05) is 13.8 Å². The minimum atomic E-state index is -0.0339. The second kappa shape index (κ2) is 16.3. The molecule has 0 aromatic carbocycles. The van der Waals surface area contributed by atoms with E-state index >= 15 is 0 Å². The summed E-state index contributed by atoms with van der Waals surface area (Å²) in [5, 5.41) is 0. The highest BCUT2D eigenvalue weighted by molar-refractivity contribution is 5.69. The zero-order valence-electron chi connectivity index (χ0n) is 16.4. The van der Waals surface area contributed by atoms with Crippen molar-refractivity contribution in [2.24, 2.45) is 5.92 Å². The standard InChI is InChI=1S/C21H42O2/c1-19(2)17-15-13-11-9-7-5-6-8-10-12-14-16-18-21(22)23-20(3)4/h19-20H,5-18H2,1-4H3. The molecule has 0 rings (SSSR count). The van der Waals surface area contributed by atoms with E-state index in [-0.39, 0.29) is 12.1 Å². The fraction of sp³-hybridized carbons (Fsp3) is 0.952. The lowest BCUT2D eigenvalue weighted by Crippen LogP contribution is -2.10. The van der Waals surface area contributed by atoms with Crippen LogP contribution < -0.4 is 0 Å². The Labute approximate surface area is 145 Å². The fourth-order valence-corrected chi connectivity index (χ4v) is 2.91. The van der Waals surface area contributed by atoms with Crippen LogP contribution in [0, 0.1) is 5.92 Å². The van der Waals surface area contributed by atoms with Gasteiger partial charge in [-0.25, -0.2) is 0 Å². The molecule has 0 aromatic rings. The van der Waals surface area contributed by atoms with Crippen LogP contribution in [0.3, 0.4) is 0 Å². The predicted octanol–water partition coefficient (Wildman–Crippen LogP) is 7.06. The Bertz CT molecular complexity index is 259. The maximum Gasteiger partial charge on any atom is 0.306 e. The van der Waals surface area contributed by atoms with Crippen molar-refractivity contribution in [1.82, 2.24) is 0 Å². The van der Waals surface area contributed by atoms with E-state index in [1.54, 1.807) is 0 Å². The van der Waals surface area contributed by atoms with Gasteiger partial charge >= 0.3 is 5.97 Å². The molecule has 0 radical (unpaired) electrons. The summed E-state index contributed by atoms with van der Waals surface area (Å²) < 4.78 is 5.13. The first-order valence-corrected chi connectivity index (χ1v) is 10.2. The molecule has 23 heavy (non-hydrogen) atoms. The van der Waals surface area contributed by atoms with Gasteiger partial charge in [0.1, 0.15) is 0 Å². The minimum Gasteiger partial charge on any atom is -0.463 e. The summed E-state index contributed by atoms with van der Waals surface area (Å²) in [6.07, 6.45) is 18.1. The third kappa shape index (κ3) is 19.4. The van der Waals surface area contributed by atoms with E-state index in [2.05, 4.69) is 13.8 Å². The molecule has 0 saturated carbocycles. The first-order chi connectivity index (χ1) is 11.0. The number of carbonyl (C=O) groups excluding carboxylic acids is 1. The quantitative estimate of drug-likeness (QED) is 0.224. The van der Waals surface area contributed by atoms with Crippen molar-refractivity contribution in [1.29, 1.82) is 0 Å². The number of carbonyl (C=O) groups is 1. The zero-order valence-corrected chi connectivity index (χ0v) is 16.4. The molecule has 0 aliphatic heterocycles. The molecule has 138 valence electrons. The van der Waals surface area contributed by atoms with Crippen LogP contribution in [0.4, 0.5) is 0 Å². The monoisotopic (exact) mass is 326 g/mol. The number of rotatable bonds is 16. The van der Waals surface area contributed by atoms with Crippen molar-refractivity contribution in [2.45, 2.75) is 124 Å². The van der Waals surface area contributed by atoms with Gasteiger partial charge in [0, 0.05) is 6.42 Å². The predicted molar refractivity (Wildman–Crippen MR) is 101 cm³/mol. The van der Waals surface area contributed by atoms with Crippen LogP contribution in [0.15, 0.2) is 0 Å². The molecule has 0 fully saturated rings. The van der Waals surface area contributed by atoms with Gasteiger partial charge in [0.2, 0.25) is 0 Å². The van der Waals surface area contributed by atoms with Gasteiger partial charge in [-0.15, -0.1) is 0 Å². The fourth-order valence-electron chi connectivity index (χ4n) is 2.91. The van der Waals surface area contributed by atoms with Gasteiger partial charge in [-0.2, -0.15) is 0 Å². The highest BCUT2D eigenvalue weighted by Gasteiger charge is 2.04. The first-order valence-electron chi connectivity index (χ1n) is 10.2. The lowest BCUT2D eigenvalue weighted by molar-refractivity contribution is -0.147. The molecule has 2 heteroatoms. The zero-order chi connectivity index (χ0) is 17.3. The third-order valence-electron chi connectivity index (χ3n) is 4.28. The summed E-state index contributed by atoms with van der Waals surface area (Å²) in [5.41, 5.74) is 0. The Morgan fingerprint density at radius 2 is 1.04 bits per heavy atom. The summed E-state index contributed by atoms with van der Waals surface area (Å²) >= 11 is 0. The molecule has 0 aromatic heterocycles. The average Bonchev–Trinajstić information content (AvgIpc) is 2.46. The summed E-state index contributed by atoms with van der Waals surface area (Å²) in [6, 6.07) is 0. The third-order valence-corrected chi connectivity index (χ3v) is 4.28. The van der Waals surface area contributed by atoms with E-state index in [4.69, 9.17) is 4.74 Å². The van der Waals surface area contributed by atoms with Crippen molar-refractivity contribution < 1.29 is 9.53 Å². The normalized spacial score (nSPS) is 11.4. The second-order valence-electron chi connectivity index (χ2n) is 7.71. The Kier molecular flexibility index (Phi) is 16.0. The van der Waals surface area contributed by atoms with Crippen molar-refractivity contribution in [3.8, 4) is 0 Å². The molecule has 0 aliphatic carbocycles. The van der Waals surface area contributed by atoms with E-state index < -0.39 is 0 Å². The molecular weight excluding hydrogens is 284 g/mol. The van der Waals surface area contributed by atoms with Crippen LogP contribution in [0.2, 0.25) is 0 Å². The molecule has 0 bridgehead atoms. The SMILES string of the molecule is CC(C)CCCCCCCCCCCCCCC(=O)OC(C)C. The van der Waals surface area contributed by atoms with Crippen LogP contribution in [0.25, 0.3) is 0 Å². The van der Waals surface area contributed by atoms with Gasteiger partial charge in [0.15, 0.2) is 0 Å². The number of hydrogen-bond acceptors (Lipinski definition) is 2. The van der Waals surface area contributed by atoms with Crippen LogP contribution >= 0.6 is 0 Å². The van der Waals surface area contributed by atoms with Crippen LogP contribution in [0.5, 0.6) is 0 Å². The van der Waals surface area contributed by atoms with Crippen molar-refractivity contribution in [3.63, 3.8) is 0 Å². The minimum absolute atomic E-state index is 0.0257. The van der Waals surface area contributed by atoms with Crippen molar-refractivity contribution in [3.05, 3.63) is 0 Å². The molecule has 0 unspecified atom stereocenters. The smallest absolute Gasteiger partial charge is 0.306 e. The Balaban J connectivity index is 3.09. The Hall–Kier alpha value is -0.530. The second-order valence-corrected chi connectivity index (χ2v) is 7.71. The van der Waals surface area contributed by atoms with Gasteiger partial charge in [-0.05, 0) is 26.2 Å². The lowest BCUT2D eigenvalue weighted by Gasteiger charge is -2.07. The molecule has 0 spiro atoms. The molecule has 2 nitrogen and oxygen atoms in total. The van der Waals surface area contributed by atoms with Crippen molar-refractivity contribution >= 4 is 5.97 Å². The highest BCUT2D eigenvalue weighted by Crippen LogP contribution is 2.14. The van der Waals surface area contributed by atoms with Gasteiger partial charge in [-0.1, -0.05) is 90.9 Å². The molecule has 0 atom stereocenters. The molecule has 0 amide bonds. The largest absolute Gasteiger partial charge is 0.463 e. The van der Waals surface area contributed by atoms with Crippen LogP contribution in [-0.4, -0.2) is 12.1 Å². The molecule has 0 saturated heterocycles. The Morgan fingerprint density at radius 3 is 1.43 bits per heavy atom. The highest BCUT2D eigenvalue weighted by atomic mass is 16.5. The van der Waals surface area contributed by atoms with Crippen molar-refractivity contribution in [2.75, 3.05) is 0 Å². The van der Waals surface area contributed by atoms with Crippen LogP contribution in [0.1, 0.15) is 118 Å². The van der Waals surface area contributed by atoms with Gasteiger partial charge in [0.25, 0.3) is 0 Å². The summed E-state index contributed by atoms with van der Waals surface area (Å²) in [6.45, 7) is 8.45. The summed E-state index contributed by atoms with van der Waals surface area (Å²) in [7, 11) is 0. The molecule has 0 aliphatic rings. The van der Waals surface area contributed by atoms with Crippen LogP contribution in [-0.2, 0) is 9.53 Å². The molecular formula is C21H42O2. The number of unbranched alkanes of at least 4 members (excludes halogenated alkanes) is 11. The van der Waals surface area contributed by atoms with Gasteiger partial charge in [0.05, 0.1) is 6.10 Å². The summed E-state index contributed by atoms with van der Waals surface area (Å²) in [4.78, 5) is 11.4. The Morgan fingerprint density at radius 1 is 0.652 bits per heavy atom. The van der Waals surface area contributed by atoms with Gasteiger partial charge in [-0.3, -0.25) is 4.79 Å². The molecule has 0 N–H and O–H groups in total. The van der Waals surface area contributed by atoms with E-state index in [0.717, 1.165) is 12.3 Å². The van der Waals surface area contributed by atoms with E-state index in [9.17, 15) is 4.79 Å². The number of ether oxygens (including phenoxy) is 1. The van der Waals surface area contributed by atoms with E-state index in [1.165, 1.54) is 77.0 Å². The maximum absolute atomic E-state index is 11.4. The van der Waals surface area contributed by atoms with Gasteiger partial charge < -0.3 is 4.74 Å². The first kappa shape index (κ1) is 22.5. The average molecular weight is 327 g/mol. The topological polar surface area (TPSA) is 26.3 Å². The maximum atomic E-state index is 11.4. The molecule has 0 heterocycles. The number of esters is 1. The number of hydrogen-bond donors (Lipinski definition) is 0.